The molecule has 7 heteroatoms. The zero-order chi connectivity index (χ0) is 20.4. The Labute approximate surface area is 181 Å². The normalized spacial score (nSPS) is 10.7. The number of rotatable bonds is 4. The average molecular weight is 468 g/mol. The number of carbonyl (C=O) groups is 1. The van der Waals surface area contributed by atoms with Gasteiger partial charge in [0.05, 0.1) is 5.69 Å². The summed E-state index contributed by atoms with van der Waals surface area (Å²) in [5.74, 6) is 0.224. The molecule has 0 aliphatic carbocycles. The highest BCUT2D eigenvalue weighted by Gasteiger charge is 2.19. The molecule has 1 aromatic heterocycles. The summed E-state index contributed by atoms with van der Waals surface area (Å²) in [6, 6.07) is 22.5. The van der Waals surface area contributed by atoms with Crippen molar-refractivity contribution in [2.45, 2.75) is 6.92 Å². The third-order valence-corrected chi connectivity index (χ3v) is 5.04. The Morgan fingerprint density at radius 2 is 1.76 bits per heavy atom. The second-order valence-corrected chi connectivity index (χ2v) is 7.83. The maximum absolute atomic E-state index is 12.8. The van der Waals surface area contributed by atoms with Crippen LogP contribution in [0.5, 0.6) is 0 Å². The number of benzene rings is 3. The van der Waals surface area contributed by atoms with Crippen LogP contribution >= 0.6 is 27.5 Å². The molecule has 0 spiro atoms. The highest BCUT2D eigenvalue weighted by Crippen LogP contribution is 2.24. The topological polar surface area (TPSA) is 59.8 Å². The highest BCUT2D eigenvalue weighted by atomic mass is 79.9. The van der Waals surface area contributed by atoms with Gasteiger partial charge < -0.3 is 5.32 Å². The number of halogens is 2. The molecule has 0 aliphatic heterocycles. The molecule has 1 heterocycles. The summed E-state index contributed by atoms with van der Waals surface area (Å²) >= 11 is 9.54. The van der Waals surface area contributed by atoms with E-state index in [-0.39, 0.29) is 11.7 Å². The number of nitrogens with one attached hydrogen (secondary N) is 1. The van der Waals surface area contributed by atoms with Crippen LogP contribution in [-0.2, 0) is 0 Å². The number of aromatic nitrogens is 3. The smallest absolute Gasteiger partial charge is 0.295 e. The fraction of sp³-hybridized carbons (Fsp3) is 0.0455. The van der Waals surface area contributed by atoms with E-state index in [1.165, 1.54) is 0 Å². The Hall–Kier alpha value is -2.96. The Morgan fingerprint density at radius 1 is 1.03 bits per heavy atom. The van der Waals surface area contributed by atoms with Gasteiger partial charge in [-0.3, -0.25) is 4.79 Å². The van der Waals surface area contributed by atoms with Crippen molar-refractivity contribution >= 4 is 39.1 Å². The molecule has 3 aromatic carbocycles. The molecule has 29 heavy (non-hydrogen) atoms. The van der Waals surface area contributed by atoms with Crippen molar-refractivity contribution in [1.82, 2.24) is 14.8 Å². The van der Waals surface area contributed by atoms with E-state index < -0.39 is 0 Å². The summed E-state index contributed by atoms with van der Waals surface area (Å²) in [5, 5.41) is 7.88. The van der Waals surface area contributed by atoms with Gasteiger partial charge in [0, 0.05) is 20.7 Å². The van der Waals surface area contributed by atoms with Gasteiger partial charge in [-0.25, -0.2) is 9.67 Å². The van der Waals surface area contributed by atoms with Crippen LogP contribution < -0.4 is 5.32 Å². The molecular formula is C22H16BrClN4O. The summed E-state index contributed by atoms with van der Waals surface area (Å²) in [6.45, 7) is 2.01. The number of hydrogen-bond acceptors (Lipinski definition) is 3. The Balaban J connectivity index is 1.75. The van der Waals surface area contributed by atoms with Crippen LogP contribution in [0.2, 0.25) is 5.02 Å². The lowest BCUT2D eigenvalue weighted by molar-refractivity contribution is 0.101. The molecule has 0 saturated heterocycles. The monoisotopic (exact) mass is 466 g/mol. The molecule has 4 rings (SSSR count). The van der Waals surface area contributed by atoms with Crippen molar-refractivity contribution in [1.29, 1.82) is 0 Å². The van der Waals surface area contributed by atoms with Gasteiger partial charge in [-0.1, -0.05) is 57.4 Å². The number of amides is 1. The maximum Gasteiger partial charge on any atom is 0.295 e. The van der Waals surface area contributed by atoms with E-state index in [1.807, 2.05) is 55.5 Å². The van der Waals surface area contributed by atoms with Crippen LogP contribution in [0.25, 0.3) is 17.1 Å². The van der Waals surface area contributed by atoms with Gasteiger partial charge in [-0.2, -0.15) is 0 Å². The second kappa shape index (κ2) is 8.19. The quantitative estimate of drug-likeness (QED) is 0.406. The van der Waals surface area contributed by atoms with Crippen LogP contribution in [0.4, 0.5) is 5.69 Å². The first-order valence-electron chi connectivity index (χ1n) is 8.86. The standard InChI is InChI=1S/C22H16BrClN4O/c1-14-5-11-19(12-6-14)28-21(15-3-2-4-17(24)13-15)26-20(27-28)22(29)25-18-9-7-16(23)8-10-18/h2-13H,1H3,(H,25,29). The summed E-state index contributed by atoms with van der Waals surface area (Å²) in [4.78, 5) is 17.3. The van der Waals surface area contributed by atoms with Crippen LogP contribution in [0.1, 0.15) is 16.2 Å². The highest BCUT2D eigenvalue weighted by molar-refractivity contribution is 9.10. The molecule has 0 saturated carbocycles. The lowest BCUT2D eigenvalue weighted by Crippen LogP contribution is -2.14. The fourth-order valence-electron chi connectivity index (χ4n) is 2.81. The minimum absolute atomic E-state index is 0.0727. The van der Waals surface area contributed by atoms with Gasteiger partial charge in [-0.05, 0) is 55.5 Å². The predicted octanol–water partition coefficient (Wildman–Crippen LogP) is 5.91. The van der Waals surface area contributed by atoms with E-state index in [9.17, 15) is 4.79 Å². The molecule has 5 nitrogen and oxygen atoms in total. The van der Waals surface area contributed by atoms with Crippen molar-refractivity contribution in [2.75, 3.05) is 5.32 Å². The molecule has 1 N–H and O–H groups in total. The van der Waals surface area contributed by atoms with Crippen LogP contribution in [0.3, 0.4) is 0 Å². The summed E-state index contributed by atoms with van der Waals surface area (Å²) in [7, 11) is 0. The first-order valence-corrected chi connectivity index (χ1v) is 10.0. The lowest BCUT2D eigenvalue weighted by Gasteiger charge is -2.06. The van der Waals surface area contributed by atoms with Crippen LogP contribution in [-0.4, -0.2) is 20.7 Å². The third-order valence-electron chi connectivity index (χ3n) is 4.27. The molecule has 0 aliphatic rings. The minimum Gasteiger partial charge on any atom is -0.319 e. The van der Waals surface area contributed by atoms with E-state index in [0.29, 0.717) is 16.5 Å². The SMILES string of the molecule is Cc1ccc(-n2nc(C(=O)Nc3ccc(Br)cc3)nc2-c2cccc(Cl)c2)cc1. The van der Waals surface area contributed by atoms with E-state index >= 15 is 0 Å². The summed E-state index contributed by atoms with van der Waals surface area (Å²) in [5.41, 5.74) is 3.37. The number of hydrogen-bond donors (Lipinski definition) is 1. The van der Waals surface area contributed by atoms with E-state index in [4.69, 9.17) is 11.6 Å². The van der Waals surface area contributed by atoms with Gasteiger partial charge in [-0.15, -0.1) is 5.10 Å². The van der Waals surface area contributed by atoms with Gasteiger partial charge in [0.1, 0.15) is 0 Å². The second-order valence-electron chi connectivity index (χ2n) is 6.48. The van der Waals surface area contributed by atoms with Crippen LogP contribution in [0.15, 0.2) is 77.3 Å². The zero-order valence-corrected chi connectivity index (χ0v) is 17.8. The number of carbonyl (C=O) groups excluding carboxylic acids is 1. The average Bonchev–Trinajstić information content (AvgIpc) is 3.16. The fourth-order valence-corrected chi connectivity index (χ4v) is 3.26. The van der Waals surface area contributed by atoms with Gasteiger partial charge in [0.15, 0.2) is 5.82 Å². The van der Waals surface area contributed by atoms with Crippen molar-refractivity contribution in [3.63, 3.8) is 0 Å². The maximum atomic E-state index is 12.8. The van der Waals surface area contributed by atoms with E-state index in [0.717, 1.165) is 21.3 Å². The number of nitrogens with zero attached hydrogens (tertiary/aromatic N) is 3. The van der Waals surface area contributed by atoms with Crippen molar-refractivity contribution in [3.05, 3.63) is 93.7 Å². The molecule has 144 valence electrons. The van der Waals surface area contributed by atoms with Crippen molar-refractivity contribution in [2.24, 2.45) is 0 Å². The largest absolute Gasteiger partial charge is 0.319 e. The van der Waals surface area contributed by atoms with Gasteiger partial charge in [0.25, 0.3) is 5.91 Å². The molecular weight excluding hydrogens is 452 g/mol. The molecule has 0 bridgehead atoms. The predicted molar refractivity (Wildman–Crippen MR) is 119 cm³/mol. The van der Waals surface area contributed by atoms with E-state index in [2.05, 4.69) is 31.3 Å². The van der Waals surface area contributed by atoms with E-state index in [1.54, 1.807) is 28.9 Å². The molecule has 0 atom stereocenters. The summed E-state index contributed by atoms with van der Waals surface area (Å²) < 4.78 is 2.59. The molecule has 1 amide bonds. The van der Waals surface area contributed by atoms with Crippen LogP contribution in [0, 0.1) is 6.92 Å². The Bertz CT molecular complexity index is 1170. The van der Waals surface area contributed by atoms with Gasteiger partial charge in [0.2, 0.25) is 5.82 Å². The number of anilines is 1. The Kier molecular flexibility index (Phi) is 5.47. The molecule has 0 unspecified atom stereocenters. The molecule has 0 radical (unpaired) electrons. The minimum atomic E-state index is -0.388. The lowest BCUT2D eigenvalue weighted by atomic mass is 10.2. The van der Waals surface area contributed by atoms with Crippen molar-refractivity contribution in [3.8, 4) is 17.1 Å². The summed E-state index contributed by atoms with van der Waals surface area (Å²) in [6.07, 6.45) is 0. The number of aryl methyl sites for hydroxylation is 1. The molecule has 0 fully saturated rings. The Morgan fingerprint density at radius 3 is 2.45 bits per heavy atom. The first-order chi connectivity index (χ1) is 14.0. The van der Waals surface area contributed by atoms with Gasteiger partial charge >= 0.3 is 0 Å². The molecule has 4 aromatic rings. The third kappa shape index (κ3) is 4.39. The first kappa shape index (κ1) is 19.4. The van der Waals surface area contributed by atoms with Crippen molar-refractivity contribution < 1.29 is 4.79 Å². The zero-order valence-electron chi connectivity index (χ0n) is 15.4.